The number of nitrogens with zero attached hydrogens (tertiary/aromatic N) is 2. The highest BCUT2D eigenvalue weighted by atomic mass is 19.1. The topological polar surface area (TPSA) is 72.4 Å². The molecule has 2 aromatic rings. The lowest BCUT2D eigenvalue weighted by atomic mass is 10.3. The summed E-state index contributed by atoms with van der Waals surface area (Å²) in [5, 5.41) is 0. The van der Waals surface area contributed by atoms with Gasteiger partial charge in [-0.3, -0.25) is 14.6 Å². The number of imidazole rings is 1. The molecule has 0 aliphatic heterocycles. The Morgan fingerprint density at radius 3 is 3.00 bits per heavy atom. The van der Waals surface area contributed by atoms with Crippen LogP contribution in [0.15, 0.2) is 18.3 Å². The third kappa shape index (κ3) is 1.44. The second kappa shape index (κ2) is 3.32. The average molecular weight is 208 g/mol. The molecule has 0 aliphatic rings. The Hall–Kier alpha value is -1.95. The van der Waals surface area contributed by atoms with Crippen molar-refractivity contribution in [3.63, 3.8) is 0 Å². The number of pyridine rings is 1. The number of amides is 1. The molecule has 0 atom stereocenters. The van der Waals surface area contributed by atoms with Gasteiger partial charge in [-0.25, -0.2) is 15.2 Å². The van der Waals surface area contributed by atoms with Crippen LogP contribution in [0, 0.1) is 12.7 Å². The van der Waals surface area contributed by atoms with E-state index in [9.17, 15) is 9.18 Å². The van der Waals surface area contributed by atoms with Gasteiger partial charge < -0.3 is 0 Å². The van der Waals surface area contributed by atoms with Gasteiger partial charge in [-0.15, -0.1) is 0 Å². The van der Waals surface area contributed by atoms with E-state index < -0.39 is 11.7 Å². The van der Waals surface area contributed by atoms with Gasteiger partial charge in [0.05, 0.1) is 5.69 Å². The summed E-state index contributed by atoms with van der Waals surface area (Å²) in [6.45, 7) is 1.66. The van der Waals surface area contributed by atoms with E-state index in [1.54, 1.807) is 6.92 Å². The number of aryl methyl sites for hydroxylation is 1. The van der Waals surface area contributed by atoms with Gasteiger partial charge in [0.2, 0.25) is 0 Å². The van der Waals surface area contributed by atoms with Gasteiger partial charge in [-0.2, -0.15) is 0 Å². The molecular formula is C9H9FN4O. The van der Waals surface area contributed by atoms with Crippen molar-refractivity contribution in [1.29, 1.82) is 0 Å². The predicted octanol–water partition coefficient (Wildman–Crippen LogP) is 0.385. The third-order valence-corrected chi connectivity index (χ3v) is 2.10. The second-order valence-corrected chi connectivity index (χ2v) is 3.09. The molecule has 0 saturated carbocycles. The fourth-order valence-corrected chi connectivity index (χ4v) is 1.48. The van der Waals surface area contributed by atoms with E-state index >= 15 is 0 Å². The number of hydrazine groups is 1. The summed E-state index contributed by atoms with van der Waals surface area (Å²) in [7, 11) is 0. The van der Waals surface area contributed by atoms with Gasteiger partial charge in [-0.05, 0) is 19.1 Å². The minimum absolute atomic E-state index is 0.243. The zero-order chi connectivity index (χ0) is 11.0. The number of carbonyl (C=O) groups excluding carboxylic acids is 1. The van der Waals surface area contributed by atoms with Crippen LogP contribution in [-0.2, 0) is 0 Å². The molecule has 78 valence electrons. The minimum atomic E-state index is -0.495. The second-order valence-electron chi connectivity index (χ2n) is 3.09. The highest BCUT2D eigenvalue weighted by molar-refractivity contribution is 5.94. The lowest BCUT2D eigenvalue weighted by Gasteiger charge is -2.00. The van der Waals surface area contributed by atoms with Crippen LogP contribution < -0.4 is 11.3 Å². The smallest absolute Gasteiger partial charge is 0.284 e. The quantitative estimate of drug-likeness (QED) is 0.404. The maximum absolute atomic E-state index is 13.0. The van der Waals surface area contributed by atoms with Crippen molar-refractivity contribution in [1.82, 2.24) is 14.8 Å². The first-order valence-corrected chi connectivity index (χ1v) is 4.28. The number of nitrogen functional groups attached to an aromatic ring is 1. The van der Waals surface area contributed by atoms with Crippen LogP contribution >= 0.6 is 0 Å². The molecule has 2 heterocycles. The van der Waals surface area contributed by atoms with Gasteiger partial charge >= 0.3 is 0 Å². The molecule has 15 heavy (non-hydrogen) atoms. The lowest BCUT2D eigenvalue weighted by Crippen LogP contribution is -2.31. The van der Waals surface area contributed by atoms with E-state index in [4.69, 9.17) is 5.84 Å². The normalized spacial score (nSPS) is 10.6. The molecule has 0 radical (unpaired) electrons. The first kappa shape index (κ1) is 9.60. The Kier molecular flexibility index (Phi) is 2.12. The molecule has 3 N–H and O–H groups in total. The molecule has 1 amide bonds. The van der Waals surface area contributed by atoms with E-state index in [-0.39, 0.29) is 5.69 Å². The number of rotatable bonds is 1. The van der Waals surface area contributed by atoms with Gasteiger partial charge in [0.15, 0.2) is 0 Å². The Bertz CT molecular complexity index is 534. The third-order valence-electron chi connectivity index (χ3n) is 2.10. The minimum Gasteiger partial charge on any atom is -0.292 e. The van der Waals surface area contributed by atoms with Crippen molar-refractivity contribution in [2.75, 3.05) is 0 Å². The van der Waals surface area contributed by atoms with Crippen molar-refractivity contribution in [2.24, 2.45) is 5.84 Å². The number of carbonyl (C=O) groups is 1. The Morgan fingerprint density at radius 2 is 2.33 bits per heavy atom. The maximum atomic E-state index is 13.0. The average Bonchev–Trinajstić information content (AvgIpc) is 2.52. The number of halogens is 1. The summed E-state index contributed by atoms with van der Waals surface area (Å²) in [6, 6.07) is 2.78. The number of hydrogen-bond donors (Lipinski definition) is 2. The van der Waals surface area contributed by atoms with Crippen LogP contribution in [0.5, 0.6) is 0 Å². The van der Waals surface area contributed by atoms with Crippen LogP contribution in [-0.4, -0.2) is 15.3 Å². The maximum Gasteiger partial charge on any atom is 0.284 e. The fraction of sp³-hybridized carbons (Fsp3) is 0.111. The predicted molar refractivity (Wildman–Crippen MR) is 51.5 cm³/mol. The standard InChI is InChI=1S/C9H9FN4O/c1-5-8(9(15)13-11)14-4-6(10)2-3-7(14)12-5/h2-4H,11H2,1H3,(H,13,15). The Balaban J connectivity index is 2.76. The fourth-order valence-electron chi connectivity index (χ4n) is 1.48. The zero-order valence-corrected chi connectivity index (χ0v) is 7.99. The molecule has 0 unspecified atom stereocenters. The first-order valence-electron chi connectivity index (χ1n) is 4.28. The summed E-state index contributed by atoms with van der Waals surface area (Å²) in [4.78, 5) is 15.5. The van der Waals surface area contributed by atoms with E-state index in [2.05, 4.69) is 4.98 Å². The summed E-state index contributed by atoms with van der Waals surface area (Å²) >= 11 is 0. The van der Waals surface area contributed by atoms with Crippen LogP contribution in [0.4, 0.5) is 4.39 Å². The molecule has 0 fully saturated rings. The van der Waals surface area contributed by atoms with Crippen molar-refractivity contribution < 1.29 is 9.18 Å². The summed E-state index contributed by atoms with van der Waals surface area (Å²) in [5.74, 6) is 4.09. The van der Waals surface area contributed by atoms with Crippen molar-refractivity contribution in [2.45, 2.75) is 6.92 Å². The van der Waals surface area contributed by atoms with Crippen molar-refractivity contribution in [3.05, 3.63) is 35.5 Å². The largest absolute Gasteiger partial charge is 0.292 e. The van der Waals surface area contributed by atoms with E-state index in [0.29, 0.717) is 11.3 Å². The summed E-state index contributed by atoms with van der Waals surface area (Å²) in [6.07, 6.45) is 1.19. The molecule has 0 spiro atoms. The number of aromatic nitrogens is 2. The Labute approximate surface area is 84.7 Å². The SMILES string of the molecule is Cc1nc2ccc(F)cn2c1C(=O)NN. The van der Waals surface area contributed by atoms with E-state index in [1.807, 2.05) is 5.43 Å². The van der Waals surface area contributed by atoms with Gasteiger partial charge in [0.1, 0.15) is 17.2 Å². The molecule has 0 aliphatic carbocycles. The summed E-state index contributed by atoms with van der Waals surface area (Å²) in [5.41, 5.74) is 3.25. The molecule has 2 aromatic heterocycles. The van der Waals surface area contributed by atoms with Crippen LogP contribution in [0.1, 0.15) is 16.2 Å². The molecule has 2 rings (SSSR count). The highest BCUT2D eigenvalue weighted by Crippen LogP contribution is 2.12. The molecule has 5 nitrogen and oxygen atoms in total. The van der Waals surface area contributed by atoms with Crippen molar-refractivity contribution >= 4 is 11.6 Å². The van der Waals surface area contributed by atoms with Gasteiger partial charge in [0, 0.05) is 6.20 Å². The number of hydrogen-bond acceptors (Lipinski definition) is 3. The van der Waals surface area contributed by atoms with Crippen molar-refractivity contribution in [3.8, 4) is 0 Å². The Morgan fingerprint density at radius 1 is 1.60 bits per heavy atom. The summed E-state index contributed by atoms with van der Waals surface area (Å²) < 4.78 is 14.3. The monoisotopic (exact) mass is 208 g/mol. The number of nitrogens with two attached hydrogens (primary N) is 1. The van der Waals surface area contributed by atoms with E-state index in [1.165, 1.54) is 22.7 Å². The zero-order valence-electron chi connectivity index (χ0n) is 7.99. The first-order chi connectivity index (χ1) is 7.13. The number of fused-ring (bicyclic) bond motifs is 1. The van der Waals surface area contributed by atoms with Gasteiger partial charge in [0.25, 0.3) is 5.91 Å². The lowest BCUT2D eigenvalue weighted by molar-refractivity contribution is 0.0947. The highest BCUT2D eigenvalue weighted by Gasteiger charge is 2.15. The van der Waals surface area contributed by atoms with Gasteiger partial charge in [-0.1, -0.05) is 0 Å². The number of nitrogens with one attached hydrogen (secondary N) is 1. The molecule has 6 heteroatoms. The molecular weight excluding hydrogens is 199 g/mol. The molecule has 0 bridgehead atoms. The van der Waals surface area contributed by atoms with E-state index in [0.717, 1.165) is 0 Å². The van der Waals surface area contributed by atoms with Crippen LogP contribution in [0.3, 0.4) is 0 Å². The molecule has 0 aromatic carbocycles. The molecule has 0 saturated heterocycles. The van der Waals surface area contributed by atoms with Crippen LogP contribution in [0.2, 0.25) is 0 Å². The van der Waals surface area contributed by atoms with Crippen LogP contribution in [0.25, 0.3) is 5.65 Å².